The fourth-order valence-electron chi connectivity index (χ4n) is 3.64. The molecule has 29 heavy (non-hydrogen) atoms. The second kappa shape index (κ2) is 7.97. The number of nitrogens with zero attached hydrogens (tertiary/aromatic N) is 2. The largest absolute Gasteiger partial charge is 0.457 e. The third kappa shape index (κ3) is 3.69. The van der Waals surface area contributed by atoms with Crippen molar-refractivity contribution in [2.24, 2.45) is 0 Å². The summed E-state index contributed by atoms with van der Waals surface area (Å²) in [5.41, 5.74) is 2.13. The molecule has 2 aliphatic heterocycles. The lowest BCUT2D eigenvalue weighted by Crippen LogP contribution is -2.45. The number of urea groups is 1. The number of methoxy groups -OCH3 is 1. The van der Waals surface area contributed by atoms with Crippen LogP contribution in [-0.4, -0.2) is 55.6 Å². The topological polar surface area (TPSA) is 71.1 Å². The molecule has 0 radical (unpaired) electrons. The van der Waals surface area contributed by atoms with Gasteiger partial charge in [0.1, 0.15) is 11.5 Å². The van der Waals surface area contributed by atoms with E-state index in [2.05, 4.69) is 5.32 Å². The van der Waals surface area contributed by atoms with Crippen molar-refractivity contribution < 1.29 is 19.1 Å². The van der Waals surface area contributed by atoms with E-state index in [9.17, 15) is 9.59 Å². The molecule has 0 unspecified atom stereocenters. The van der Waals surface area contributed by atoms with Gasteiger partial charge in [-0.2, -0.15) is 0 Å². The minimum atomic E-state index is -0.520. The summed E-state index contributed by atoms with van der Waals surface area (Å²) in [6, 6.07) is 16.2. The zero-order valence-corrected chi connectivity index (χ0v) is 16.4. The van der Waals surface area contributed by atoms with Gasteiger partial charge in [0.15, 0.2) is 0 Å². The van der Waals surface area contributed by atoms with E-state index in [4.69, 9.17) is 9.47 Å². The van der Waals surface area contributed by atoms with Crippen LogP contribution in [0.3, 0.4) is 0 Å². The van der Waals surface area contributed by atoms with Crippen LogP contribution < -0.4 is 10.1 Å². The average molecular weight is 393 g/mol. The number of hydrogen-bond acceptors (Lipinski definition) is 4. The van der Waals surface area contributed by atoms with Crippen LogP contribution >= 0.6 is 0 Å². The predicted octanol–water partition coefficient (Wildman–Crippen LogP) is 2.92. The third-order valence-electron chi connectivity index (χ3n) is 5.17. The van der Waals surface area contributed by atoms with Crippen LogP contribution in [0.4, 0.5) is 4.79 Å². The maximum Gasteiger partial charge on any atom is 0.322 e. The number of nitrogens with one attached hydrogen (secondary N) is 1. The molecule has 0 saturated heterocycles. The lowest BCUT2D eigenvalue weighted by molar-refractivity contribution is -0.126. The normalized spacial score (nSPS) is 18.8. The Kier molecular flexibility index (Phi) is 5.22. The van der Waals surface area contributed by atoms with Crippen LogP contribution in [0.15, 0.2) is 65.9 Å². The van der Waals surface area contributed by atoms with Gasteiger partial charge < -0.3 is 19.7 Å². The standard InChI is InChI=1S/C22H23N3O4/c1-24-18-14-25(11-12-28-2)21(26)19(18)20(23-22(24)27)15-7-6-10-17(13-15)29-16-8-4-3-5-9-16/h3-10,13,20H,11-12,14H2,1-2H3,(H,23,27)/t20-/m0/s1. The Bertz CT molecular complexity index is 958. The quantitative estimate of drug-likeness (QED) is 0.819. The number of ether oxygens (including phenoxy) is 2. The van der Waals surface area contributed by atoms with E-state index in [1.165, 1.54) is 4.90 Å². The fraction of sp³-hybridized carbons (Fsp3) is 0.273. The van der Waals surface area contributed by atoms with Crippen molar-refractivity contribution in [1.82, 2.24) is 15.1 Å². The molecule has 0 fully saturated rings. The molecule has 4 rings (SSSR count). The van der Waals surface area contributed by atoms with Gasteiger partial charge in [-0.3, -0.25) is 9.69 Å². The average Bonchev–Trinajstić information content (AvgIpc) is 3.07. The van der Waals surface area contributed by atoms with Crippen LogP contribution in [0.25, 0.3) is 0 Å². The Labute approximate surface area is 169 Å². The highest BCUT2D eigenvalue weighted by Gasteiger charge is 2.42. The Morgan fingerprint density at radius 3 is 2.59 bits per heavy atom. The van der Waals surface area contributed by atoms with Crippen LogP contribution in [0.2, 0.25) is 0 Å². The first-order valence-corrected chi connectivity index (χ1v) is 9.47. The smallest absolute Gasteiger partial charge is 0.322 e. The number of amides is 3. The van der Waals surface area contributed by atoms with Gasteiger partial charge in [0.25, 0.3) is 5.91 Å². The second-order valence-electron chi connectivity index (χ2n) is 7.01. The Morgan fingerprint density at radius 2 is 1.83 bits per heavy atom. The molecule has 0 bridgehead atoms. The first-order chi connectivity index (χ1) is 14.1. The number of likely N-dealkylation sites (N-methyl/N-ethyl adjacent to an activating group) is 1. The van der Waals surface area contributed by atoms with Gasteiger partial charge in [-0.05, 0) is 29.8 Å². The second-order valence-corrected chi connectivity index (χ2v) is 7.01. The van der Waals surface area contributed by atoms with E-state index in [1.54, 1.807) is 19.1 Å². The van der Waals surface area contributed by atoms with Crippen molar-refractivity contribution in [2.75, 3.05) is 33.9 Å². The first kappa shape index (κ1) is 19.0. The van der Waals surface area contributed by atoms with Gasteiger partial charge in [0.05, 0.1) is 30.5 Å². The van der Waals surface area contributed by atoms with Gasteiger partial charge >= 0.3 is 6.03 Å². The van der Waals surface area contributed by atoms with Crippen molar-refractivity contribution in [2.45, 2.75) is 6.04 Å². The molecule has 2 heterocycles. The number of rotatable bonds is 6. The molecular weight excluding hydrogens is 370 g/mol. The van der Waals surface area contributed by atoms with Crippen molar-refractivity contribution >= 4 is 11.9 Å². The van der Waals surface area contributed by atoms with E-state index in [1.807, 2.05) is 54.6 Å². The molecule has 0 aromatic heterocycles. The SMILES string of the molecule is COCCN1CC2=C(C1=O)[C@H](c1cccc(Oc3ccccc3)c1)NC(=O)N2C. The molecule has 0 saturated carbocycles. The Balaban J connectivity index is 1.64. The number of carbonyl (C=O) groups excluding carboxylic acids is 2. The lowest BCUT2D eigenvalue weighted by Gasteiger charge is -2.31. The predicted molar refractivity (Wildman–Crippen MR) is 107 cm³/mol. The fourth-order valence-corrected chi connectivity index (χ4v) is 3.64. The number of hydrogen-bond donors (Lipinski definition) is 1. The number of carbonyl (C=O) groups is 2. The monoisotopic (exact) mass is 393 g/mol. The highest BCUT2D eigenvalue weighted by Crippen LogP contribution is 2.36. The van der Waals surface area contributed by atoms with Gasteiger partial charge in [-0.1, -0.05) is 30.3 Å². The van der Waals surface area contributed by atoms with Crippen molar-refractivity contribution in [3.8, 4) is 11.5 Å². The third-order valence-corrected chi connectivity index (χ3v) is 5.17. The minimum absolute atomic E-state index is 0.0803. The molecule has 2 aromatic carbocycles. The molecular formula is C22H23N3O4. The molecule has 1 N–H and O–H groups in total. The van der Waals surface area contributed by atoms with Crippen LogP contribution in [0.1, 0.15) is 11.6 Å². The van der Waals surface area contributed by atoms with E-state index in [0.29, 0.717) is 31.0 Å². The van der Waals surface area contributed by atoms with E-state index >= 15 is 0 Å². The van der Waals surface area contributed by atoms with Gasteiger partial charge in [0.2, 0.25) is 0 Å². The summed E-state index contributed by atoms with van der Waals surface area (Å²) in [4.78, 5) is 28.8. The molecule has 150 valence electrons. The number of benzene rings is 2. The Morgan fingerprint density at radius 1 is 1.07 bits per heavy atom. The van der Waals surface area contributed by atoms with Gasteiger partial charge in [-0.25, -0.2) is 4.79 Å². The summed E-state index contributed by atoms with van der Waals surface area (Å²) in [6.07, 6.45) is 0. The summed E-state index contributed by atoms with van der Waals surface area (Å²) < 4.78 is 11.0. The van der Waals surface area contributed by atoms with Crippen molar-refractivity contribution in [1.29, 1.82) is 0 Å². The van der Waals surface area contributed by atoms with Crippen molar-refractivity contribution in [3.63, 3.8) is 0 Å². The van der Waals surface area contributed by atoms with Crippen LogP contribution in [-0.2, 0) is 9.53 Å². The minimum Gasteiger partial charge on any atom is -0.457 e. The first-order valence-electron chi connectivity index (χ1n) is 9.47. The Hall–Kier alpha value is -3.32. The van der Waals surface area contributed by atoms with E-state index in [0.717, 1.165) is 17.0 Å². The van der Waals surface area contributed by atoms with Crippen molar-refractivity contribution in [3.05, 3.63) is 71.4 Å². The summed E-state index contributed by atoms with van der Waals surface area (Å²) >= 11 is 0. The molecule has 1 atom stereocenters. The molecule has 7 nitrogen and oxygen atoms in total. The van der Waals surface area contributed by atoms with E-state index in [-0.39, 0.29) is 11.9 Å². The maximum atomic E-state index is 13.1. The number of para-hydroxylation sites is 1. The molecule has 7 heteroatoms. The van der Waals surface area contributed by atoms with Gasteiger partial charge in [0, 0.05) is 20.7 Å². The molecule has 0 spiro atoms. The summed E-state index contributed by atoms with van der Waals surface area (Å²) in [7, 11) is 3.29. The van der Waals surface area contributed by atoms with Gasteiger partial charge in [-0.15, -0.1) is 0 Å². The van der Waals surface area contributed by atoms with E-state index < -0.39 is 6.04 Å². The molecule has 3 amide bonds. The zero-order chi connectivity index (χ0) is 20.4. The zero-order valence-electron chi connectivity index (χ0n) is 16.4. The molecule has 2 aromatic rings. The molecule has 0 aliphatic carbocycles. The van der Waals surface area contributed by atoms with Crippen LogP contribution in [0, 0.1) is 0 Å². The summed E-state index contributed by atoms with van der Waals surface area (Å²) in [5, 5.41) is 2.95. The lowest BCUT2D eigenvalue weighted by atomic mass is 9.95. The van der Waals surface area contributed by atoms with Crippen LogP contribution in [0.5, 0.6) is 11.5 Å². The highest BCUT2D eigenvalue weighted by atomic mass is 16.5. The maximum absolute atomic E-state index is 13.1. The highest BCUT2D eigenvalue weighted by molar-refractivity contribution is 6.01. The summed E-state index contributed by atoms with van der Waals surface area (Å²) in [6.45, 7) is 1.33. The molecule has 2 aliphatic rings. The summed E-state index contributed by atoms with van der Waals surface area (Å²) in [5.74, 6) is 1.29.